The second kappa shape index (κ2) is 36.6. The van der Waals surface area contributed by atoms with E-state index in [0.717, 1.165) is 51.4 Å². The molecule has 3 unspecified atom stereocenters. The molecule has 0 aromatic carbocycles. The third-order valence-corrected chi connectivity index (χ3v) is 10.9. The van der Waals surface area contributed by atoms with Gasteiger partial charge in [-0.15, -0.1) is 0 Å². The number of quaternary nitrogens is 1. The van der Waals surface area contributed by atoms with Crippen LogP contribution in [0, 0.1) is 0 Å². The van der Waals surface area contributed by atoms with E-state index in [4.69, 9.17) is 9.05 Å². The predicted molar refractivity (Wildman–Crippen MR) is 226 cm³/mol. The number of hydrogen-bond acceptors (Lipinski definition) is 5. The molecule has 0 saturated carbocycles. The van der Waals surface area contributed by atoms with Crippen molar-refractivity contribution in [2.75, 3.05) is 40.9 Å². The highest BCUT2D eigenvalue weighted by molar-refractivity contribution is 7.47. The van der Waals surface area contributed by atoms with Crippen LogP contribution in [0.3, 0.4) is 0 Å². The third-order valence-electron chi connectivity index (χ3n) is 9.95. The van der Waals surface area contributed by atoms with Crippen LogP contribution < -0.4 is 5.32 Å². The van der Waals surface area contributed by atoms with Crippen LogP contribution in [-0.4, -0.2) is 73.4 Å². The summed E-state index contributed by atoms with van der Waals surface area (Å²) in [7, 11) is 1.61. The first-order chi connectivity index (χ1) is 25.5. The predicted octanol–water partition coefficient (Wildman–Crippen LogP) is 12.1. The number of unbranched alkanes of at least 4 members (excludes halogenated alkanes) is 23. The van der Waals surface area contributed by atoms with Gasteiger partial charge in [0.1, 0.15) is 13.2 Å². The zero-order chi connectivity index (χ0) is 39.3. The fraction of sp³-hybridized carbons (Fsp3) is 0.886. The van der Waals surface area contributed by atoms with Gasteiger partial charge >= 0.3 is 7.82 Å². The largest absolute Gasteiger partial charge is 0.472 e. The van der Waals surface area contributed by atoms with E-state index in [1.54, 1.807) is 0 Å². The summed E-state index contributed by atoms with van der Waals surface area (Å²) in [4.78, 5) is 22.9. The lowest BCUT2D eigenvalue weighted by Gasteiger charge is -2.26. The highest BCUT2D eigenvalue weighted by Gasteiger charge is 2.28. The molecule has 0 rings (SSSR count). The molecule has 53 heavy (non-hydrogen) atoms. The van der Waals surface area contributed by atoms with Crippen LogP contribution in [0.2, 0.25) is 0 Å². The summed E-state index contributed by atoms with van der Waals surface area (Å²) in [6.07, 6.45) is 42.8. The van der Waals surface area contributed by atoms with Crippen molar-refractivity contribution in [1.29, 1.82) is 0 Å². The van der Waals surface area contributed by atoms with Gasteiger partial charge in [-0.1, -0.05) is 173 Å². The molecule has 9 heteroatoms. The Hall–Kier alpha value is -1.02. The summed E-state index contributed by atoms with van der Waals surface area (Å²) in [5.41, 5.74) is 0. The number of phosphoric acid groups is 1. The average molecular weight is 772 g/mol. The Morgan fingerprint density at radius 1 is 0.642 bits per heavy atom. The summed E-state index contributed by atoms with van der Waals surface area (Å²) in [6.45, 7) is 4.75. The molecule has 314 valence electrons. The molecule has 0 aliphatic heterocycles. The summed E-state index contributed by atoms with van der Waals surface area (Å²) in [6, 6.07) is -0.753. The SMILES string of the molecule is CCCCCCC/C=C\C/C=C\CCCCCCCCCCCCCCCCCC(=O)NC(COP(=O)(O)OCC[N+](C)(C)C)C(O)CCCCCC. The highest BCUT2D eigenvalue weighted by atomic mass is 31.2. The number of amides is 1. The number of carbonyl (C=O) groups excluding carboxylic acids is 1. The molecule has 0 bridgehead atoms. The number of carbonyl (C=O) groups is 1. The molecule has 0 radical (unpaired) electrons. The number of rotatable bonds is 40. The van der Waals surface area contributed by atoms with Crippen LogP contribution in [-0.2, 0) is 18.4 Å². The number of allylic oxidation sites excluding steroid dienone is 4. The molecule has 0 aromatic rings. The van der Waals surface area contributed by atoms with Gasteiger partial charge in [0.05, 0.1) is 39.9 Å². The van der Waals surface area contributed by atoms with Gasteiger partial charge in [0.2, 0.25) is 5.91 Å². The third kappa shape index (κ3) is 39.0. The van der Waals surface area contributed by atoms with Crippen molar-refractivity contribution in [1.82, 2.24) is 5.32 Å². The van der Waals surface area contributed by atoms with E-state index in [1.165, 1.54) is 122 Å². The number of phosphoric ester groups is 1. The Labute approximate surface area is 328 Å². The van der Waals surface area contributed by atoms with Crippen molar-refractivity contribution < 1.29 is 32.9 Å². The molecule has 0 spiro atoms. The number of likely N-dealkylation sites (N-methyl/N-ethyl adjacent to an activating group) is 1. The van der Waals surface area contributed by atoms with Gasteiger partial charge in [0.25, 0.3) is 0 Å². The molecule has 0 aliphatic rings. The minimum Gasteiger partial charge on any atom is -0.391 e. The number of hydrogen-bond donors (Lipinski definition) is 3. The lowest BCUT2D eigenvalue weighted by molar-refractivity contribution is -0.870. The van der Waals surface area contributed by atoms with E-state index in [-0.39, 0.29) is 19.1 Å². The van der Waals surface area contributed by atoms with E-state index < -0.39 is 20.0 Å². The van der Waals surface area contributed by atoms with Crippen molar-refractivity contribution in [2.45, 2.75) is 212 Å². The van der Waals surface area contributed by atoms with Crippen molar-refractivity contribution >= 4 is 13.7 Å². The van der Waals surface area contributed by atoms with Gasteiger partial charge in [-0.25, -0.2) is 4.57 Å². The minimum atomic E-state index is -4.29. The van der Waals surface area contributed by atoms with Crippen molar-refractivity contribution in [3.8, 4) is 0 Å². The quantitative estimate of drug-likeness (QED) is 0.0248. The lowest BCUT2D eigenvalue weighted by atomic mass is 10.0. The van der Waals surface area contributed by atoms with Gasteiger partial charge in [0, 0.05) is 6.42 Å². The van der Waals surface area contributed by atoms with Gasteiger partial charge in [-0.05, 0) is 44.9 Å². The molecule has 0 aromatic heterocycles. The van der Waals surface area contributed by atoms with Gasteiger partial charge in [0.15, 0.2) is 0 Å². The van der Waals surface area contributed by atoms with Crippen LogP contribution in [0.25, 0.3) is 0 Å². The molecule has 1 amide bonds. The topological polar surface area (TPSA) is 105 Å². The molecule has 0 heterocycles. The van der Waals surface area contributed by atoms with E-state index in [9.17, 15) is 19.4 Å². The van der Waals surface area contributed by atoms with Crippen LogP contribution in [0.4, 0.5) is 0 Å². The summed E-state index contributed by atoms with van der Waals surface area (Å²) < 4.78 is 23.4. The Balaban J connectivity index is 3.88. The number of nitrogens with one attached hydrogen (secondary N) is 1. The molecule has 3 N–H and O–H groups in total. The normalized spacial score (nSPS) is 14.6. The maximum absolute atomic E-state index is 12.7. The Kier molecular flexibility index (Phi) is 35.9. The number of nitrogens with zero attached hydrogens (tertiary/aromatic N) is 1. The standard InChI is InChI=1S/C44H87N2O6P/c1-6-8-10-12-13-14-15-16-17-18-19-20-21-22-23-24-25-26-27-28-29-30-31-32-33-34-36-38-44(48)45-42(43(47)37-35-11-9-7-2)41-52-53(49,50)51-40-39-46(3,4)5/h15-16,18-19,42-43,47H,6-14,17,20-41H2,1-5H3,(H-,45,48,49,50)/p+1/b16-15-,19-18-. The zero-order valence-electron chi connectivity index (χ0n) is 35.5. The summed E-state index contributed by atoms with van der Waals surface area (Å²) in [5.74, 6) is -0.153. The second-order valence-electron chi connectivity index (χ2n) is 16.4. The van der Waals surface area contributed by atoms with Crippen LogP contribution in [0.1, 0.15) is 200 Å². The smallest absolute Gasteiger partial charge is 0.391 e. The number of aliphatic hydroxyl groups excluding tert-OH is 1. The van der Waals surface area contributed by atoms with Gasteiger partial charge in [-0.3, -0.25) is 13.8 Å². The molecule has 8 nitrogen and oxygen atoms in total. The molecule has 0 aliphatic carbocycles. The molecule has 0 saturated heterocycles. The van der Waals surface area contributed by atoms with Crippen LogP contribution in [0.15, 0.2) is 24.3 Å². The van der Waals surface area contributed by atoms with Crippen molar-refractivity contribution in [3.05, 3.63) is 24.3 Å². The fourth-order valence-electron chi connectivity index (χ4n) is 6.37. The van der Waals surface area contributed by atoms with Crippen LogP contribution in [0.5, 0.6) is 0 Å². The van der Waals surface area contributed by atoms with Gasteiger partial charge < -0.3 is 19.8 Å². The van der Waals surface area contributed by atoms with E-state index >= 15 is 0 Å². The fourth-order valence-corrected chi connectivity index (χ4v) is 7.11. The molecular weight excluding hydrogens is 683 g/mol. The maximum Gasteiger partial charge on any atom is 0.472 e. The number of aliphatic hydroxyl groups is 1. The Morgan fingerprint density at radius 2 is 1.08 bits per heavy atom. The molecule has 3 atom stereocenters. The monoisotopic (exact) mass is 772 g/mol. The minimum absolute atomic E-state index is 0.0743. The van der Waals surface area contributed by atoms with Crippen LogP contribution >= 0.6 is 7.82 Å². The first-order valence-electron chi connectivity index (χ1n) is 22.2. The second-order valence-corrected chi connectivity index (χ2v) is 17.9. The van der Waals surface area contributed by atoms with E-state index in [2.05, 4.69) is 43.5 Å². The first kappa shape index (κ1) is 52.0. The van der Waals surface area contributed by atoms with Crippen molar-refractivity contribution in [2.24, 2.45) is 0 Å². The molecule has 0 fully saturated rings. The Morgan fingerprint density at radius 3 is 1.55 bits per heavy atom. The summed E-state index contributed by atoms with van der Waals surface area (Å²) >= 11 is 0. The van der Waals surface area contributed by atoms with E-state index in [1.807, 2.05) is 21.1 Å². The van der Waals surface area contributed by atoms with Crippen molar-refractivity contribution in [3.63, 3.8) is 0 Å². The lowest BCUT2D eigenvalue weighted by Crippen LogP contribution is -2.46. The highest BCUT2D eigenvalue weighted by Crippen LogP contribution is 2.43. The zero-order valence-corrected chi connectivity index (χ0v) is 36.4. The first-order valence-corrected chi connectivity index (χ1v) is 23.7. The van der Waals surface area contributed by atoms with Gasteiger partial charge in [-0.2, -0.15) is 0 Å². The average Bonchev–Trinajstić information content (AvgIpc) is 3.10. The Bertz CT molecular complexity index is 922. The summed E-state index contributed by atoms with van der Waals surface area (Å²) in [5, 5.41) is 13.7. The van der Waals surface area contributed by atoms with E-state index in [0.29, 0.717) is 23.9 Å². The maximum atomic E-state index is 12.7. The molecular formula is C44H88N2O6P+.